The normalized spacial score (nSPS) is 10.4. The summed E-state index contributed by atoms with van der Waals surface area (Å²) in [7, 11) is 0. The molecule has 0 radical (unpaired) electrons. The molecule has 1 nitrogen and oxygen atoms in total. The molecule has 0 fully saturated rings. The van der Waals surface area contributed by atoms with Crippen molar-refractivity contribution in [3.8, 4) is 0 Å². The molecule has 0 bridgehead atoms. The van der Waals surface area contributed by atoms with Crippen molar-refractivity contribution in [3.63, 3.8) is 0 Å². The van der Waals surface area contributed by atoms with Gasteiger partial charge in [-0.2, -0.15) is 0 Å². The van der Waals surface area contributed by atoms with Crippen LogP contribution in [0.1, 0.15) is 11.1 Å². The van der Waals surface area contributed by atoms with Crippen LogP contribution in [0.2, 0.25) is 5.02 Å². The van der Waals surface area contributed by atoms with Crippen molar-refractivity contribution >= 4 is 17.3 Å². The Hall–Kier alpha value is -1.61. The Bertz CT molecular complexity index is 518. The van der Waals surface area contributed by atoms with Crippen LogP contribution in [0.3, 0.4) is 0 Å². The fraction of sp³-hybridized carbons (Fsp3) is 0.143. The zero-order chi connectivity index (χ0) is 13.1. The molecule has 4 heteroatoms. The smallest absolute Gasteiger partial charge is 0.131 e. The lowest BCUT2D eigenvalue weighted by molar-refractivity contribution is 0.574. The quantitative estimate of drug-likeness (QED) is 0.861. The Labute approximate surface area is 109 Å². The van der Waals surface area contributed by atoms with Crippen LogP contribution in [-0.2, 0) is 6.54 Å². The van der Waals surface area contributed by atoms with Crippen LogP contribution in [0.4, 0.5) is 14.5 Å². The predicted octanol–water partition coefficient (Wildman–Crippen LogP) is 4.54. The summed E-state index contributed by atoms with van der Waals surface area (Å²) in [6.07, 6.45) is 0. The van der Waals surface area contributed by atoms with Crippen molar-refractivity contribution in [2.45, 2.75) is 13.5 Å². The Morgan fingerprint density at radius 1 is 1.11 bits per heavy atom. The van der Waals surface area contributed by atoms with Crippen molar-refractivity contribution in [2.24, 2.45) is 0 Å². The number of halogens is 3. The van der Waals surface area contributed by atoms with E-state index in [4.69, 9.17) is 11.6 Å². The lowest BCUT2D eigenvalue weighted by Crippen LogP contribution is -2.02. The Kier molecular flexibility index (Phi) is 3.82. The number of benzene rings is 2. The van der Waals surface area contributed by atoms with E-state index in [1.807, 2.05) is 25.1 Å². The van der Waals surface area contributed by atoms with Crippen LogP contribution < -0.4 is 5.32 Å². The molecule has 0 amide bonds. The third-order valence-electron chi connectivity index (χ3n) is 2.61. The predicted molar refractivity (Wildman–Crippen MR) is 69.9 cm³/mol. The van der Waals surface area contributed by atoms with Gasteiger partial charge in [-0.3, -0.25) is 0 Å². The van der Waals surface area contributed by atoms with Gasteiger partial charge in [0.15, 0.2) is 0 Å². The van der Waals surface area contributed by atoms with Gasteiger partial charge in [0, 0.05) is 18.2 Å². The number of anilines is 1. The minimum Gasteiger partial charge on any atom is -0.380 e. The molecule has 0 aliphatic heterocycles. The zero-order valence-corrected chi connectivity index (χ0v) is 10.6. The van der Waals surface area contributed by atoms with Crippen molar-refractivity contribution < 1.29 is 8.78 Å². The van der Waals surface area contributed by atoms with Gasteiger partial charge < -0.3 is 5.32 Å². The third-order valence-corrected chi connectivity index (χ3v) is 2.92. The van der Waals surface area contributed by atoms with E-state index < -0.39 is 11.6 Å². The first-order chi connectivity index (χ1) is 8.56. The monoisotopic (exact) mass is 267 g/mol. The van der Waals surface area contributed by atoms with Gasteiger partial charge in [0.2, 0.25) is 0 Å². The van der Waals surface area contributed by atoms with Gasteiger partial charge in [0.25, 0.3) is 0 Å². The first-order valence-corrected chi connectivity index (χ1v) is 5.88. The van der Waals surface area contributed by atoms with Crippen LogP contribution in [-0.4, -0.2) is 0 Å². The Morgan fingerprint density at radius 3 is 2.56 bits per heavy atom. The molecule has 0 spiro atoms. The molecule has 0 aromatic heterocycles. The maximum atomic E-state index is 13.4. The van der Waals surface area contributed by atoms with Gasteiger partial charge >= 0.3 is 0 Å². The van der Waals surface area contributed by atoms with E-state index in [0.29, 0.717) is 10.6 Å². The van der Waals surface area contributed by atoms with E-state index in [0.717, 1.165) is 17.3 Å². The maximum absolute atomic E-state index is 13.4. The summed E-state index contributed by atoms with van der Waals surface area (Å²) in [6.45, 7) is 2.20. The topological polar surface area (TPSA) is 12.0 Å². The molecule has 94 valence electrons. The number of nitrogens with one attached hydrogen (secondary N) is 1. The molecule has 2 aromatic rings. The molecule has 0 aliphatic rings. The molecule has 0 unspecified atom stereocenters. The maximum Gasteiger partial charge on any atom is 0.131 e. The average Bonchev–Trinajstić information content (AvgIpc) is 2.30. The van der Waals surface area contributed by atoms with Gasteiger partial charge in [-0.05, 0) is 30.7 Å². The molecule has 18 heavy (non-hydrogen) atoms. The van der Waals surface area contributed by atoms with Crippen LogP contribution in [0.25, 0.3) is 0 Å². The molecular formula is C14H12ClF2N. The molecule has 2 rings (SSSR count). The summed E-state index contributed by atoms with van der Waals surface area (Å²) < 4.78 is 26.1. The second kappa shape index (κ2) is 5.36. The fourth-order valence-electron chi connectivity index (χ4n) is 1.62. The largest absolute Gasteiger partial charge is 0.380 e. The molecule has 0 atom stereocenters. The van der Waals surface area contributed by atoms with E-state index in [9.17, 15) is 8.78 Å². The zero-order valence-electron chi connectivity index (χ0n) is 9.81. The van der Waals surface area contributed by atoms with Gasteiger partial charge in [0.05, 0.1) is 10.7 Å². The summed E-state index contributed by atoms with van der Waals surface area (Å²) in [5, 5.41) is 3.60. The summed E-state index contributed by atoms with van der Waals surface area (Å²) in [4.78, 5) is 0. The average molecular weight is 268 g/mol. The number of hydrogen-bond acceptors (Lipinski definition) is 1. The number of rotatable bonds is 3. The second-order valence-electron chi connectivity index (χ2n) is 4.07. The fourth-order valence-corrected chi connectivity index (χ4v) is 1.92. The highest BCUT2D eigenvalue weighted by Crippen LogP contribution is 2.23. The lowest BCUT2D eigenvalue weighted by atomic mass is 10.2. The summed E-state index contributed by atoms with van der Waals surface area (Å²) in [5.74, 6) is -1.14. The molecule has 0 aliphatic carbocycles. The van der Waals surface area contributed by atoms with Gasteiger partial charge in [-0.15, -0.1) is 0 Å². The van der Waals surface area contributed by atoms with Crippen LogP contribution >= 0.6 is 11.6 Å². The van der Waals surface area contributed by atoms with Gasteiger partial charge in [-0.1, -0.05) is 23.7 Å². The van der Waals surface area contributed by atoms with Crippen LogP contribution in [0.15, 0.2) is 36.4 Å². The van der Waals surface area contributed by atoms with Crippen molar-refractivity contribution in [3.05, 3.63) is 64.2 Å². The Morgan fingerprint density at radius 2 is 1.89 bits per heavy atom. The highest BCUT2D eigenvalue weighted by molar-refractivity contribution is 6.33. The highest BCUT2D eigenvalue weighted by atomic mass is 35.5. The van der Waals surface area contributed by atoms with Crippen molar-refractivity contribution in [1.82, 2.24) is 0 Å². The molecule has 2 aromatic carbocycles. The minimum atomic E-state index is -0.579. The summed E-state index contributed by atoms with van der Waals surface area (Å²) in [6, 6.07) is 9.09. The SMILES string of the molecule is Cc1ccc(NCc2ccc(F)cc2F)c(Cl)c1. The molecule has 0 saturated carbocycles. The van der Waals surface area contributed by atoms with E-state index >= 15 is 0 Å². The highest BCUT2D eigenvalue weighted by Gasteiger charge is 2.05. The van der Waals surface area contributed by atoms with Crippen molar-refractivity contribution in [2.75, 3.05) is 5.32 Å². The third kappa shape index (κ3) is 2.99. The lowest BCUT2D eigenvalue weighted by Gasteiger charge is -2.09. The van der Waals surface area contributed by atoms with Crippen LogP contribution in [0, 0.1) is 18.6 Å². The second-order valence-corrected chi connectivity index (χ2v) is 4.48. The van der Waals surface area contributed by atoms with Gasteiger partial charge in [-0.25, -0.2) is 8.78 Å². The Balaban J connectivity index is 2.11. The number of hydrogen-bond donors (Lipinski definition) is 1. The minimum absolute atomic E-state index is 0.259. The van der Waals surface area contributed by atoms with E-state index in [1.165, 1.54) is 12.1 Å². The van der Waals surface area contributed by atoms with E-state index in [1.54, 1.807) is 0 Å². The summed E-state index contributed by atoms with van der Waals surface area (Å²) in [5.41, 5.74) is 2.18. The first kappa shape index (κ1) is 12.8. The number of aryl methyl sites for hydroxylation is 1. The van der Waals surface area contributed by atoms with Crippen molar-refractivity contribution in [1.29, 1.82) is 0 Å². The molecule has 1 N–H and O–H groups in total. The van der Waals surface area contributed by atoms with Crippen LogP contribution in [0.5, 0.6) is 0 Å². The first-order valence-electron chi connectivity index (χ1n) is 5.50. The summed E-state index contributed by atoms with van der Waals surface area (Å²) >= 11 is 6.04. The van der Waals surface area contributed by atoms with E-state index in [2.05, 4.69) is 5.32 Å². The molecule has 0 heterocycles. The molecule has 0 saturated heterocycles. The van der Waals surface area contributed by atoms with Gasteiger partial charge in [0.1, 0.15) is 11.6 Å². The standard InChI is InChI=1S/C14H12ClF2N/c1-9-2-5-14(12(15)6-9)18-8-10-3-4-11(16)7-13(10)17/h2-7,18H,8H2,1H3. The molecular weight excluding hydrogens is 256 g/mol. The van der Waals surface area contributed by atoms with E-state index in [-0.39, 0.29) is 6.54 Å².